The van der Waals surface area contributed by atoms with E-state index in [0.29, 0.717) is 35.2 Å². The number of hydrogen-bond donors (Lipinski definition) is 0. The summed E-state index contributed by atoms with van der Waals surface area (Å²) in [7, 11) is 0. The molecule has 4 nitrogen and oxygen atoms in total. The third kappa shape index (κ3) is 5.58. The zero-order valence-electron chi connectivity index (χ0n) is 16.7. The molecule has 0 saturated carbocycles. The van der Waals surface area contributed by atoms with Crippen LogP contribution in [0.5, 0.6) is 11.6 Å². The molecule has 0 radical (unpaired) electrons. The molecule has 0 aliphatic rings. The molecule has 4 aromatic rings. The zero-order valence-corrected chi connectivity index (χ0v) is 17.4. The van der Waals surface area contributed by atoms with Gasteiger partial charge in [0.25, 0.3) is 5.88 Å². The quantitative estimate of drug-likeness (QED) is 0.340. The van der Waals surface area contributed by atoms with Crippen LogP contribution in [0.25, 0.3) is 0 Å². The summed E-state index contributed by atoms with van der Waals surface area (Å²) in [6.07, 6.45) is 0.194. The third-order valence-corrected chi connectivity index (χ3v) is 5.01. The molecule has 0 atom stereocenters. The fourth-order valence-corrected chi connectivity index (χ4v) is 3.26. The highest BCUT2D eigenvalue weighted by atomic mass is 35.5. The van der Waals surface area contributed by atoms with Gasteiger partial charge < -0.3 is 9.47 Å². The molecule has 0 spiro atoms. The number of aromatic nitrogens is 2. The number of rotatable bonds is 8. The largest absolute Gasteiger partial charge is 0.483 e. The van der Waals surface area contributed by atoms with E-state index in [1.807, 2.05) is 60.7 Å². The van der Waals surface area contributed by atoms with Crippen molar-refractivity contribution in [1.82, 2.24) is 10.2 Å². The highest BCUT2D eigenvalue weighted by Gasteiger charge is 2.14. The van der Waals surface area contributed by atoms with Crippen LogP contribution >= 0.6 is 11.6 Å². The van der Waals surface area contributed by atoms with Crippen LogP contribution in [0.1, 0.15) is 22.4 Å². The standard InChI is InChI=1S/C25H20ClFN2O2/c26-22-12-7-13-23(27)21(22)14-20-15-24(30-16-18-8-3-1-4-9-18)25(29-28-20)31-17-19-10-5-2-6-11-19/h1-13,15H,14,16-17H2. The summed E-state index contributed by atoms with van der Waals surface area (Å²) < 4.78 is 26.1. The Hall–Kier alpha value is -3.44. The summed E-state index contributed by atoms with van der Waals surface area (Å²) in [6.45, 7) is 0.670. The molecule has 4 rings (SSSR count). The molecule has 0 aliphatic heterocycles. The van der Waals surface area contributed by atoms with Crippen LogP contribution in [-0.2, 0) is 19.6 Å². The monoisotopic (exact) mass is 434 g/mol. The fourth-order valence-electron chi connectivity index (χ4n) is 3.03. The van der Waals surface area contributed by atoms with Gasteiger partial charge in [-0.3, -0.25) is 0 Å². The van der Waals surface area contributed by atoms with E-state index >= 15 is 0 Å². The van der Waals surface area contributed by atoms with Gasteiger partial charge in [-0.2, -0.15) is 5.10 Å². The van der Waals surface area contributed by atoms with Gasteiger partial charge in [0.15, 0.2) is 5.75 Å². The molecule has 3 aromatic carbocycles. The number of hydrogen-bond acceptors (Lipinski definition) is 4. The Morgan fingerprint density at radius 3 is 2.03 bits per heavy atom. The molecule has 31 heavy (non-hydrogen) atoms. The van der Waals surface area contributed by atoms with Gasteiger partial charge in [-0.05, 0) is 23.3 Å². The van der Waals surface area contributed by atoms with Crippen molar-refractivity contribution in [1.29, 1.82) is 0 Å². The first-order chi connectivity index (χ1) is 15.2. The Bertz CT molecular complexity index is 1120. The first-order valence-electron chi connectivity index (χ1n) is 9.82. The van der Waals surface area contributed by atoms with Crippen LogP contribution in [0.4, 0.5) is 4.39 Å². The molecule has 0 aliphatic carbocycles. The Morgan fingerprint density at radius 1 is 0.742 bits per heavy atom. The van der Waals surface area contributed by atoms with Gasteiger partial charge in [0, 0.05) is 23.1 Å². The van der Waals surface area contributed by atoms with Crippen molar-refractivity contribution in [3.05, 3.63) is 118 Å². The maximum absolute atomic E-state index is 14.2. The zero-order chi connectivity index (χ0) is 21.5. The second-order valence-electron chi connectivity index (χ2n) is 6.93. The summed E-state index contributed by atoms with van der Waals surface area (Å²) in [5.74, 6) is 0.339. The van der Waals surface area contributed by atoms with Crippen molar-refractivity contribution in [3.8, 4) is 11.6 Å². The average molecular weight is 435 g/mol. The van der Waals surface area contributed by atoms with Crippen LogP contribution in [0.2, 0.25) is 5.02 Å². The van der Waals surface area contributed by atoms with Crippen molar-refractivity contribution < 1.29 is 13.9 Å². The Kier molecular flexibility index (Phi) is 6.75. The first kappa shape index (κ1) is 20.8. The van der Waals surface area contributed by atoms with Gasteiger partial charge in [-0.15, -0.1) is 5.10 Å². The SMILES string of the molecule is Fc1cccc(Cl)c1Cc1cc(OCc2ccccc2)c(OCc2ccccc2)nn1. The lowest BCUT2D eigenvalue weighted by Gasteiger charge is -2.13. The molecular formula is C25H20ClFN2O2. The lowest BCUT2D eigenvalue weighted by molar-refractivity contribution is 0.243. The molecule has 0 unspecified atom stereocenters. The van der Waals surface area contributed by atoms with E-state index in [1.165, 1.54) is 6.07 Å². The summed E-state index contributed by atoms with van der Waals surface area (Å²) in [6, 6.07) is 25.9. The van der Waals surface area contributed by atoms with E-state index in [9.17, 15) is 4.39 Å². The minimum Gasteiger partial charge on any atom is -0.483 e. The minimum absolute atomic E-state index is 0.194. The van der Waals surface area contributed by atoms with Crippen LogP contribution in [0, 0.1) is 5.82 Å². The maximum Gasteiger partial charge on any atom is 0.276 e. The van der Waals surface area contributed by atoms with E-state index < -0.39 is 0 Å². The van der Waals surface area contributed by atoms with Crippen molar-refractivity contribution in [2.24, 2.45) is 0 Å². The van der Waals surface area contributed by atoms with E-state index in [1.54, 1.807) is 18.2 Å². The number of benzene rings is 3. The van der Waals surface area contributed by atoms with Crippen molar-refractivity contribution in [2.45, 2.75) is 19.6 Å². The van der Waals surface area contributed by atoms with Crippen LogP contribution in [-0.4, -0.2) is 10.2 Å². The summed E-state index contributed by atoms with van der Waals surface area (Å²) in [5.41, 5.74) is 2.90. The molecule has 0 N–H and O–H groups in total. The van der Waals surface area contributed by atoms with Crippen LogP contribution in [0.3, 0.4) is 0 Å². The second-order valence-corrected chi connectivity index (χ2v) is 7.34. The molecule has 0 saturated heterocycles. The fraction of sp³-hybridized carbons (Fsp3) is 0.120. The Balaban J connectivity index is 1.57. The lowest BCUT2D eigenvalue weighted by atomic mass is 10.1. The van der Waals surface area contributed by atoms with Crippen molar-refractivity contribution >= 4 is 11.6 Å². The third-order valence-electron chi connectivity index (χ3n) is 4.65. The van der Waals surface area contributed by atoms with Gasteiger partial charge in [0.05, 0.1) is 5.69 Å². The lowest BCUT2D eigenvalue weighted by Crippen LogP contribution is -2.06. The van der Waals surface area contributed by atoms with Crippen molar-refractivity contribution in [3.63, 3.8) is 0 Å². The predicted octanol–water partition coefficient (Wildman–Crippen LogP) is 6.02. The summed E-state index contributed by atoms with van der Waals surface area (Å²) in [4.78, 5) is 0. The van der Waals surface area contributed by atoms with Gasteiger partial charge >= 0.3 is 0 Å². The smallest absolute Gasteiger partial charge is 0.276 e. The highest BCUT2D eigenvalue weighted by Crippen LogP contribution is 2.28. The molecular weight excluding hydrogens is 415 g/mol. The topological polar surface area (TPSA) is 44.2 Å². The van der Waals surface area contributed by atoms with Crippen molar-refractivity contribution in [2.75, 3.05) is 0 Å². The molecule has 1 heterocycles. The molecule has 0 amide bonds. The van der Waals surface area contributed by atoms with E-state index in [0.717, 1.165) is 11.1 Å². The highest BCUT2D eigenvalue weighted by molar-refractivity contribution is 6.31. The Labute approximate surface area is 185 Å². The normalized spacial score (nSPS) is 10.6. The molecule has 0 bridgehead atoms. The van der Waals surface area contributed by atoms with E-state index in [-0.39, 0.29) is 18.1 Å². The van der Waals surface area contributed by atoms with Gasteiger partial charge in [0.2, 0.25) is 0 Å². The number of nitrogens with zero attached hydrogens (tertiary/aromatic N) is 2. The Morgan fingerprint density at radius 2 is 1.39 bits per heavy atom. The van der Waals surface area contributed by atoms with E-state index in [4.69, 9.17) is 21.1 Å². The number of ether oxygens (including phenoxy) is 2. The molecule has 156 valence electrons. The van der Waals surface area contributed by atoms with Gasteiger partial charge in [-0.25, -0.2) is 4.39 Å². The van der Waals surface area contributed by atoms with Gasteiger partial charge in [-0.1, -0.05) is 78.3 Å². The molecule has 6 heteroatoms. The summed E-state index contributed by atoms with van der Waals surface area (Å²) >= 11 is 6.17. The summed E-state index contributed by atoms with van der Waals surface area (Å²) in [5, 5.41) is 8.75. The predicted molar refractivity (Wildman–Crippen MR) is 118 cm³/mol. The first-order valence-corrected chi connectivity index (χ1v) is 10.2. The maximum atomic E-state index is 14.2. The molecule has 0 fully saturated rings. The van der Waals surface area contributed by atoms with E-state index in [2.05, 4.69) is 10.2 Å². The minimum atomic E-state index is -0.384. The average Bonchev–Trinajstić information content (AvgIpc) is 2.81. The number of halogens is 2. The van der Waals surface area contributed by atoms with Crippen LogP contribution < -0.4 is 9.47 Å². The molecule has 1 aromatic heterocycles. The second kappa shape index (κ2) is 10.0. The van der Waals surface area contributed by atoms with Gasteiger partial charge in [0.1, 0.15) is 19.0 Å². The van der Waals surface area contributed by atoms with Crippen LogP contribution in [0.15, 0.2) is 84.9 Å².